The molecule has 1 fully saturated rings. The molecular weight excluding hydrogens is 260 g/mol. The summed E-state index contributed by atoms with van der Waals surface area (Å²) >= 11 is 0. The van der Waals surface area contributed by atoms with Gasteiger partial charge in [-0.25, -0.2) is 5.43 Å². The Labute approximate surface area is 127 Å². The lowest BCUT2D eigenvalue weighted by molar-refractivity contribution is 0.0954. The molecule has 1 unspecified atom stereocenters. The maximum absolute atomic E-state index is 12.1. The zero-order valence-corrected chi connectivity index (χ0v) is 13.6. The molecule has 1 amide bonds. The second-order valence-electron chi connectivity index (χ2n) is 7.02. The van der Waals surface area contributed by atoms with Gasteiger partial charge in [0.15, 0.2) is 0 Å². The smallest absolute Gasteiger partial charge is 0.267 e. The van der Waals surface area contributed by atoms with Crippen LogP contribution in [0.2, 0.25) is 0 Å². The van der Waals surface area contributed by atoms with Gasteiger partial charge in [0.05, 0.1) is 0 Å². The van der Waals surface area contributed by atoms with Crippen LogP contribution >= 0.6 is 0 Å². The largest absolute Gasteiger partial charge is 0.271 e. The average Bonchev–Trinajstić information content (AvgIpc) is 2.45. The lowest BCUT2D eigenvalue weighted by Gasteiger charge is -2.20. The van der Waals surface area contributed by atoms with E-state index < -0.39 is 0 Å². The third kappa shape index (κ3) is 4.16. The van der Waals surface area contributed by atoms with E-state index in [9.17, 15) is 4.79 Å². The first-order valence-electron chi connectivity index (χ1n) is 7.85. The van der Waals surface area contributed by atoms with Gasteiger partial charge in [0, 0.05) is 11.3 Å². The second-order valence-corrected chi connectivity index (χ2v) is 7.02. The minimum Gasteiger partial charge on any atom is -0.267 e. The van der Waals surface area contributed by atoms with E-state index >= 15 is 0 Å². The van der Waals surface area contributed by atoms with E-state index in [2.05, 4.69) is 38.2 Å². The Kier molecular flexibility index (Phi) is 4.81. The normalized spacial score (nSPS) is 21.3. The number of carbonyl (C=O) groups is 1. The summed E-state index contributed by atoms with van der Waals surface area (Å²) < 4.78 is 0. The number of nitrogens with zero attached hydrogens (tertiary/aromatic N) is 1. The molecule has 1 aliphatic carbocycles. The van der Waals surface area contributed by atoms with Crippen molar-refractivity contribution in [1.82, 2.24) is 5.43 Å². The van der Waals surface area contributed by atoms with Crippen molar-refractivity contribution in [2.24, 2.45) is 11.0 Å². The highest BCUT2D eigenvalue weighted by molar-refractivity contribution is 5.95. The van der Waals surface area contributed by atoms with Crippen molar-refractivity contribution in [2.45, 2.75) is 58.8 Å². The van der Waals surface area contributed by atoms with Crippen LogP contribution in [0.25, 0.3) is 0 Å². The molecule has 1 aliphatic rings. The molecule has 21 heavy (non-hydrogen) atoms. The summed E-state index contributed by atoms with van der Waals surface area (Å²) in [6, 6.07) is 7.79. The molecule has 1 atom stereocenters. The van der Waals surface area contributed by atoms with Gasteiger partial charge in [0.1, 0.15) is 0 Å². The molecule has 3 nitrogen and oxygen atoms in total. The quantitative estimate of drug-likeness (QED) is 0.810. The van der Waals surface area contributed by atoms with Crippen LogP contribution < -0.4 is 5.43 Å². The molecule has 0 radical (unpaired) electrons. The number of rotatable bonds is 2. The van der Waals surface area contributed by atoms with E-state index in [1.807, 2.05) is 24.3 Å². The lowest BCUT2D eigenvalue weighted by Crippen LogP contribution is -2.24. The fraction of sp³-hybridized carbons (Fsp3) is 0.556. The standard InChI is InChI=1S/C18H26N2O/c1-13-7-5-6-8-16(13)19-20-17(21)14-9-11-15(12-10-14)18(2,3)4/h9-13H,5-8H2,1-4H3,(H,20,21)/b19-16-. The number of nitrogens with one attached hydrogen (secondary N) is 1. The number of benzene rings is 1. The van der Waals surface area contributed by atoms with Crippen LogP contribution in [0, 0.1) is 5.92 Å². The van der Waals surface area contributed by atoms with Gasteiger partial charge >= 0.3 is 0 Å². The van der Waals surface area contributed by atoms with E-state index in [4.69, 9.17) is 0 Å². The van der Waals surface area contributed by atoms with Crippen molar-refractivity contribution in [3.05, 3.63) is 35.4 Å². The van der Waals surface area contributed by atoms with Crippen LogP contribution in [0.3, 0.4) is 0 Å². The molecule has 1 N–H and O–H groups in total. The lowest BCUT2D eigenvalue weighted by atomic mass is 9.87. The van der Waals surface area contributed by atoms with Gasteiger partial charge in [-0.1, -0.05) is 46.2 Å². The molecule has 0 aromatic heterocycles. The topological polar surface area (TPSA) is 41.5 Å². The first kappa shape index (κ1) is 15.7. The van der Waals surface area contributed by atoms with Gasteiger partial charge in [-0.3, -0.25) is 4.79 Å². The minimum atomic E-state index is -0.124. The van der Waals surface area contributed by atoms with Crippen molar-refractivity contribution in [1.29, 1.82) is 0 Å². The zero-order valence-electron chi connectivity index (χ0n) is 13.6. The van der Waals surface area contributed by atoms with Gasteiger partial charge in [0.2, 0.25) is 0 Å². The highest BCUT2D eigenvalue weighted by atomic mass is 16.2. The molecule has 0 aliphatic heterocycles. The van der Waals surface area contributed by atoms with Crippen LogP contribution in [-0.2, 0) is 5.41 Å². The Bertz CT molecular complexity index is 523. The Morgan fingerprint density at radius 3 is 2.43 bits per heavy atom. The van der Waals surface area contributed by atoms with Gasteiger partial charge in [-0.05, 0) is 48.3 Å². The molecule has 1 aromatic carbocycles. The van der Waals surface area contributed by atoms with E-state index in [0.29, 0.717) is 11.5 Å². The minimum absolute atomic E-state index is 0.104. The first-order valence-corrected chi connectivity index (χ1v) is 7.85. The third-order valence-corrected chi connectivity index (χ3v) is 4.20. The van der Waals surface area contributed by atoms with E-state index in [1.54, 1.807) is 0 Å². The van der Waals surface area contributed by atoms with Gasteiger partial charge in [0.25, 0.3) is 5.91 Å². The summed E-state index contributed by atoms with van der Waals surface area (Å²) in [6.07, 6.45) is 4.63. The van der Waals surface area contributed by atoms with E-state index in [1.165, 1.54) is 24.8 Å². The summed E-state index contributed by atoms with van der Waals surface area (Å²) in [4.78, 5) is 12.1. The van der Waals surface area contributed by atoms with Crippen molar-refractivity contribution in [3.8, 4) is 0 Å². The highest BCUT2D eigenvalue weighted by Gasteiger charge is 2.17. The molecule has 3 heteroatoms. The van der Waals surface area contributed by atoms with Crippen LogP contribution in [0.1, 0.15) is 69.3 Å². The van der Waals surface area contributed by atoms with Crippen LogP contribution in [0.15, 0.2) is 29.4 Å². The number of hydrogen-bond acceptors (Lipinski definition) is 2. The fourth-order valence-corrected chi connectivity index (χ4v) is 2.64. The van der Waals surface area contributed by atoms with Crippen molar-refractivity contribution in [2.75, 3.05) is 0 Å². The molecule has 0 spiro atoms. The van der Waals surface area contributed by atoms with Crippen LogP contribution in [0.5, 0.6) is 0 Å². The molecule has 1 aromatic rings. The molecule has 0 heterocycles. The molecule has 2 rings (SSSR count). The Hall–Kier alpha value is -1.64. The van der Waals surface area contributed by atoms with Crippen molar-refractivity contribution in [3.63, 3.8) is 0 Å². The SMILES string of the molecule is CC1CCCC/C1=N/NC(=O)c1ccc(C(C)(C)C)cc1. The van der Waals surface area contributed by atoms with E-state index in [-0.39, 0.29) is 11.3 Å². The highest BCUT2D eigenvalue weighted by Crippen LogP contribution is 2.22. The first-order chi connectivity index (χ1) is 9.88. The Morgan fingerprint density at radius 2 is 1.86 bits per heavy atom. The van der Waals surface area contributed by atoms with Gasteiger partial charge < -0.3 is 0 Å². The number of hydrogen-bond donors (Lipinski definition) is 1. The average molecular weight is 286 g/mol. The predicted octanol–water partition coefficient (Wildman–Crippen LogP) is 4.28. The van der Waals surface area contributed by atoms with Gasteiger partial charge in [-0.2, -0.15) is 5.10 Å². The molecular formula is C18H26N2O. The van der Waals surface area contributed by atoms with Gasteiger partial charge in [-0.15, -0.1) is 0 Å². The number of hydrazone groups is 1. The third-order valence-electron chi connectivity index (χ3n) is 4.20. The Balaban J connectivity index is 2.02. The fourth-order valence-electron chi connectivity index (χ4n) is 2.64. The van der Waals surface area contributed by atoms with Crippen molar-refractivity contribution >= 4 is 11.6 Å². The summed E-state index contributed by atoms with van der Waals surface area (Å²) in [5.74, 6) is 0.364. The summed E-state index contributed by atoms with van der Waals surface area (Å²) in [5.41, 5.74) is 5.83. The molecule has 0 bridgehead atoms. The second kappa shape index (κ2) is 6.42. The molecule has 1 saturated carbocycles. The zero-order chi connectivity index (χ0) is 15.5. The summed E-state index contributed by atoms with van der Waals surface area (Å²) in [7, 11) is 0. The van der Waals surface area contributed by atoms with Crippen LogP contribution in [-0.4, -0.2) is 11.6 Å². The van der Waals surface area contributed by atoms with E-state index in [0.717, 1.165) is 12.1 Å². The predicted molar refractivity (Wildman–Crippen MR) is 87.7 cm³/mol. The number of amides is 1. The number of carbonyl (C=O) groups excluding carboxylic acids is 1. The maximum atomic E-state index is 12.1. The maximum Gasteiger partial charge on any atom is 0.271 e. The summed E-state index contributed by atoms with van der Waals surface area (Å²) in [6.45, 7) is 8.68. The van der Waals surface area contributed by atoms with Crippen LogP contribution in [0.4, 0.5) is 0 Å². The summed E-state index contributed by atoms with van der Waals surface area (Å²) in [5, 5.41) is 4.33. The molecule has 0 saturated heterocycles. The molecule has 114 valence electrons. The monoisotopic (exact) mass is 286 g/mol. The Morgan fingerprint density at radius 1 is 1.19 bits per heavy atom. The van der Waals surface area contributed by atoms with Crippen molar-refractivity contribution < 1.29 is 4.79 Å².